The molecule has 1 aromatic carbocycles. The highest BCUT2D eigenvalue weighted by Gasteiger charge is 2.11. The standard InChI is InChI=1S/C16H22N2S/c1-3-9-19-12-16(17-4-2)14-10-13-7-5-6-8-15(13)18-11-14/h5-8,10-11,16-17H,3-4,9,12H2,1-2H3. The van der Waals surface area contributed by atoms with E-state index in [0.29, 0.717) is 6.04 Å². The molecule has 1 aromatic heterocycles. The zero-order chi connectivity index (χ0) is 13.5. The third-order valence-electron chi connectivity index (χ3n) is 3.10. The molecule has 2 nitrogen and oxygen atoms in total. The third kappa shape index (κ3) is 3.95. The molecule has 0 spiro atoms. The average molecular weight is 274 g/mol. The Balaban J connectivity index is 2.17. The van der Waals surface area contributed by atoms with Gasteiger partial charge in [0.1, 0.15) is 0 Å². The first-order valence-corrected chi connectivity index (χ1v) is 8.16. The highest BCUT2D eigenvalue weighted by Crippen LogP contribution is 2.21. The van der Waals surface area contributed by atoms with E-state index in [-0.39, 0.29) is 0 Å². The molecule has 2 aromatic rings. The highest BCUT2D eigenvalue weighted by molar-refractivity contribution is 7.99. The lowest BCUT2D eigenvalue weighted by atomic mass is 10.1. The summed E-state index contributed by atoms with van der Waals surface area (Å²) in [6, 6.07) is 11.0. The van der Waals surface area contributed by atoms with Gasteiger partial charge < -0.3 is 5.32 Å². The van der Waals surface area contributed by atoms with Crippen LogP contribution in [-0.2, 0) is 0 Å². The maximum Gasteiger partial charge on any atom is 0.0702 e. The summed E-state index contributed by atoms with van der Waals surface area (Å²) >= 11 is 2.01. The van der Waals surface area contributed by atoms with Crippen molar-refractivity contribution >= 4 is 22.7 Å². The third-order valence-corrected chi connectivity index (χ3v) is 4.36. The molecule has 0 radical (unpaired) electrons. The molecule has 0 saturated carbocycles. The van der Waals surface area contributed by atoms with Gasteiger partial charge in [-0.1, -0.05) is 32.0 Å². The summed E-state index contributed by atoms with van der Waals surface area (Å²) in [5.74, 6) is 2.34. The Morgan fingerprint density at radius 2 is 2.11 bits per heavy atom. The van der Waals surface area contributed by atoms with E-state index in [4.69, 9.17) is 0 Å². The number of aromatic nitrogens is 1. The summed E-state index contributed by atoms with van der Waals surface area (Å²) in [5.41, 5.74) is 2.37. The molecule has 1 heterocycles. The van der Waals surface area contributed by atoms with E-state index in [0.717, 1.165) is 17.8 Å². The van der Waals surface area contributed by atoms with Crippen molar-refractivity contribution in [2.24, 2.45) is 0 Å². The van der Waals surface area contributed by atoms with Gasteiger partial charge in [-0.25, -0.2) is 0 Å². The first-order valence-electron chi connectivity index (χ1n) is 7.01. The molecular weight excluding hydrogens is 252 g/mol. The predicted molar refractivity (Wildman–Crippen MR) is 85.8 cm³/mol. The van der Waals surface area contributed by atoms with Gasteiger partial charge in [-0.05, 0) is 36.4 Å². The lowest BCUT2D eigenvalue weighted by Gasteiger charge is -2.18. The molecular formula is C16H22N2S. The fraction of sp³-hybridized carbons (Fsp3) is 0.438. The largest absolute Gasteiger partial charge is 0.309 e. The Morgan fingerprint density at radius 3 is 2.89 bits per heavy atom. The SMILES string of the molecule is CCCSCC(NCC)c1cnc2ccccc2c1. The van der Waals surface area contributed by atoms with Gasteiger partial charge in [-0.3, -0.25) is 4.98 Å². The van der Waals surface area contributed by atoms with Crippen LogP contribution in [0.4, 0.5) is 0 Å². The number of nitrogens with one attached hydrogen (secondary N) is 1. The fourth-order valence-electron chi connectivity index (χ4n) is 2.14. The number of hydrogen-bond donors (Lipinski definition) is 1. The predicted octanol–water partition coefficient (Wildman–Crippen LogP) is 4.03. The zero-order valence-corrected chi connectivity index (χ0v) is 12.5. The molecule has 2 rings (SSSR count). The summed E-state index contributed by atoms with van der Waals surface area (Å²) in [4.78, 5) is 4.56. The molecule has 0 saturated heterocycles. The second kappa shape index (κ2) is 7.51. The molecule has 0 aliphatic rings. The van der Waals surface area contributed by atoms with Crippen molar-refractivity contribution in [1.82, 2.24) is 10.3 Å². The molecule has 0 aliphatic heterocycles. The van der Waals surface area contributed by atoms with Crippen LogP contribution in [0.2, 0.25) is 0 Å². The second-order valence-corrected chi connectivity index (χ2v) is 5.80. The van der Waals surface area contributed by atoms with Gasteiger partial charge in [0.25, 0.3) is 0 Å². The molecule has 1 atom stereocenters. The van der Waals surface area contributed by atoms with Crippen molar-refractivity contribution in [3.8, 4) is 0 Å². The van der Waals surface area contributed by atoms with Gasteiger partial charge >= 0.3 is 0 Å². The van der Waals surface area contributed by atoms with E-state index in [2.05, 4.69) is 48.4 Å². The van der Waals surface area contributed by atoms with Crippen molar-refractivity contribution in [1.29, 1.82) is 0 Å². The molecule has 102 valence electrons. The van der Waals surface area contributed by atoms with Crippen molar-refractivity contribution in [2.75, 3.05) is 18.1 Å². The number of nitrogens with zero attached hydrogens (tertiary/aromatic N) is 1. The minimum absolute atomic E-state index is 0.402. The van der Waals surface area contributed by atoms with Gasteiger partial charge in [0, 0.05) is 23.4 Å². The van der Waals surface area contributed by atoms with Gasteiger partial charge in [-0.2, -0.15) is 11.8 Å². The van der Waals surface area contributed by atoms with E-state index in [1.54, 1.807) is 0 Å². The first kappa shape index (κ1) is 14.4. The fourth-order valence-corrected chi connectivity index (χ4v) is 3.14. The van der Waals surface area contributed by atoms with Crippen molar-refractivity contribution in [2.45, 2.75) is 26.3 Å². The number of hydrogen-bond acceptors (Lipinski definition) is 3. The molecule has 1 N–H and O–H groups in total. The molecule has 0 fully saturated rings. The van der Waals surface area contributed by atoms with E-state index in [9.17, 15) is 0 Å². The van der Waals surface area contributed by atoms with Crippen LogP contribution in [-0.4, -0.2) is 23.0 Å². The zero-order valence-electron chi connectivity index (χ0n) is 11.7. The molecule has 0 amide bonds. The van der Waals surface area contributed by atoms with Crippen LogP contribution in [0.15, 0.2) is 36.5 Å². The number of rotatable bonds is 7. The summed E-state index contributed by atoms with van der Waals surface area (Å²) in [6.45, 7) is 5.38. The minimum Gasteiger partial charge on any atom is -0.309 e. The second-order valence-electron chi connectivity index (χ2n) is 4.65. The quantitative estimate of drug-likeness (QED) is 0.772. The Hall–Kier alpha value is -1.06. The van der Waals surface area contributed by atoms with Crippen LogP contribution in [0, 0.1) is 0 Å². The number of para-hydroxylation sites is 1. The maximum atomic E-state index is 4.56. The lowest BCUT2D eigenvalue weighted by molar-refractivity contribution is 0.605. The van der Waals surface area contributed by atoms with Crippen LogP contribution in [0.5, 0.6) is 0 Å². The average Bonchev–Trinajstić information content (AvgIpc) is 2.46. The molecule has 3 heteroatoms. The lowest BCUT2D eigenvalue weighted by Crippen LogP contribution is -2.23. The van der Waals surface area contributed by atoms with Crippen LogP contribution in [0.3, 0.4) is 0 Å². The number of benzene rings is 1. The summed E-state index contributed by atoms with van der Waals surface area (Å²) in [5, 5.41) is 4.79. The Bertz CT molecular complexity index is 513. The van der Waals surface area contributed by atoms with Gasteiger partial charge in [0.05, 0.1) is 5.52 Å². The molecule has 0 aliphatic carbocycles. The van der Waals surface area contributed by atoms with E-state index in [1.165, 1.54) is 23.1 Å². The Labute approximate surface area is 120 Å². The summed E-state index contributed by atoms with van der Waals surface area (Å²) in [7, 11) is 0. The summed E-state index contributed by atoms with van der Waals surface area (Å²) < 4.78 is 0. The number of fused-ring (bicyclic) bond motifs is 1. The van der Waals surface area contributed by atoms with Gasteiger partial charge in [0.15, 0.2) is 0 Å². The van der Waals surface area contributed by atoms with Crippen LogP contribution >= 0.6 is 11.8 Å². The highest BCUT2D eigenvalue weighted by atomic mass is 32.2. The number of pyridine rings is 1. The minimum atomic E-state index is 0.402. The van der Waals surface area contributed by atoms with Crippen molar-refractivity contribution < 1.29 is 0 Å². The smallest absolute Gasteiger partial charge is 0.0702 e. The Kier molecular flexibility index (Phi) is 5.67. The van der Waals surface area contributed by atoms with Crippen molar-refractivity contribution in [3.63, 3.8) is 0 Å². The van der Waals surface area contributed by atoms with Crippen LogP contribution in [0.1, 0.15) is 31.9 Å². The van der Waals surface area contributed by atoms with Gasteiger partial charge in [0.2, 0.25) is 0 Å². The normalized spacial score (nSPS) is 12.7. The van der Waals surface area contributed by atoms with Crippen molar-refractivity contribution in [3.05, 3.63) is 42.1 Å². The Morgan fingerprint density at radius 1 is 1.26 bits per heavy atom. The molecule has 19 heavy (non-hydrogen) atoms. The van der Waals surface area contributed by atoms with Gasteiger partial charge in [-0.15, -0.1) is 0 Å². The van der Waals surface area contributed by atoms with Crippen LogP contribution < -0.4 is 5.32 Å². The first-order chi connectivity index (χ1) is 9.35. The topological polar surface area (TPSA) is 24.9 Å². The number of thioether (sulfide) groups is 1. The maximum absolute atomic E-state index is 4.56. The molecule has 1 unspecified atom stereocenters. The van der Waals surface area contributed by atoms with E-state index >= 15 is 0 Å². The monoisotopic (exact) mass is 274 g/mol. The van der Waals surface area contributed by atoms with Crippen LogP contribution in [0.25, 0.3) is 10.9 Å². The molecule has 0 bridgehead atoms. The van der Waals surface area contributed by atoms with E-state index in [1.807, 2.05) is 24.0 Å². The summed E-state index contributed by atoms with van der Waals surface area (Å²) in [6.07, 6.45) is 3.25. The van der Waals surface area contributed by atoms with E-state index < -0.39 is 0 Å².